The summed E-state index contributed by atoms with van der Waals surface area (Å²) in [5.74, 6) is 0.263. The lowest BCUT2D eigenvalue weighted by Gasteiger charge is -2.05. The van der Waals surface area contributed by atoms with Crippen LogP contribution in [0, 0.1) is 0 Å². The average Bonchev–Trinajstić information content (AvgIpc) is 1.78. The molecule has 6 nitrogen and oxygen atoms in total. The average molecular weight is 184 g/mol. The van der Waals surface area contributed by atoms with Gasteiger partial charge in [-0.15, -0.1) is 0 Å². The Morgan fingerprint density at radius 1 is 1.64 bits per heavy atom. The first-order valence-corrected chi connectivity index (χ1v) is 4.10. The molecule has 0 unspecified atom stereocenters. The molecule has 0 atom stereocenters. The van der Waals surface area contributed by atoms with Crippen LogP contribution in [-0.4, -0.2) is 16.6 Å². The molecule has 66 valence electrons. The van der Waals surface area contributed by atoms with Gasteiger partial charge in [-0.05, 0) is 6.92 Å². The predicted molar refractivity (Wildman–Crippen MR) is 35.0 cm³/mol. The zero-order valence-corrected chi connectivity index (χ0v) is 6.78. The molecule has 11 heavy (non-hydrogen) atoms. The second-order valence-electron chi connectivity index (χ2n) is 1.64. The van der Waals surface area contributed by atoms with E-state index in [4.69, 9.17) is 9.79 Å². The van der Waals surface area contributed by atoms with Gasteiger partial charge in [-0.1, -0.05) is 6.58 Å². The van der Waals surface area contributed by atoms with Gasteiger partial charge in [0.1, 0.15) is 5.76 Å². The fourth-order valence-corrected chi connectivity index (χ4v) is 0.395. The van der Waals surface area contributed by atoms with Crippen LogP contribution in [0.15, 0.2) is 12.3 Å². The van der Waals surface area contributed by atoms with E-state index in [-0.39, 0.29) is 5.76 Å². The number of phosphoric acid groups is 1. The predicted octanol–water partition coefficient (Wildman–Crippen LogP) is 0.535. The van der Waals surface area contributed by atoms with E-state index in [9.17, 15) is 4.57 Å². The summed E-state index contributed by atoms with van der Waals surface area (Å²) < 4.78 is 13.8. The molecule has 0 aromatic rings. The van der Waals surface area contributed by atoms with Gasteiger partial charge in [0.25, 0.3) is 0 Å². The van der Waals surface area contributed by atoms with E-state index in [0.717, 1.165) is 0 Å². The van der Waals surface area contributed by atoms with Crippen molar-refractivity contribution >= 4 is 7.82 Å². The second kappa shape index (κ2) is 4.48. The number of allylic oxidation sites excluding steroid dienone is 1. The monoisotopic (exact) mass is 184 g/mol. The lowest BCUT2D eigenvalue weighted by atomic mass is 10.7. The third-order valence-electron chi connectivity index (χ3n) is 0.470. The molecule has 0 rings (SSSR count). The van der Waals surface area contributed by atoms with Crippen molar-refractivity contribution < 1.29 is 28.7 Å². The van der Waals surface area contributed by atoms with Crippen molar-refractivity contribution in [1.82, 2.24) is 0 Å². The van der Waals surface area contributed by atoms with Crippen molar-refractivity contribution in [3.05, 3.63) is 12.3 Å². The Morgan fingerprint density at radius 2 is 2.18 bits per heavy atom. The van der Waals surface area contributed by atoms with Crippen molar-refractivity contribution in [2.75, 3.05) is 6.79 Å². The molecule has 0 aliphatic carbocycles. The van der Waals surface area contributed by atoms with Gasteiger partial charge in [0, 0.05) is 0 Å². The molecule has 7 heteroatoms. The lowest BCUT2D eigenvalue weighted by molar-refractivity contribution is -0.295. The Hall–Kier alpha value is -0.390. The van der Waals surface area contributed by atoms with E-state index in [1.165, 1.54) is 6.92 Å². The summed E-state index contributed by atoms with van der Waals surface area (Å²) in [5, 5.41) is 0. The molecular formula is C4H9O6P. The highest BCUT2D eigenvalue weighted by molar-refractivity contribution is 7.46. The minimum Gasteiger partial charge on any atom is -0.341 e. The lowest BCUT2D eigenvalue weighted by Crippen LogP contribution is -1.97. The van der Waals surface area contributed by atoms with Crippen molar-refractivity contribution in [1.29, 1.82) is 0 Å². The summed E-state index contributed by atoms with van der Waals surface area (Å²) >= 11 is 0. The van der Waals surface area contributed by atoms with Crippen LogP contribution in [0.4, 0.5) is 0 Å². The Kier molecular flexibility index (Phi) is 4.32. The first kappa shape index (κ1) is 10.6. The molecule has 0 bridgehead atoms. The van der Waals surface area contributed by atoms with Gasteiger partial charge in [-0.3, -0.25) is 4.52 Å². The Bertz CT molecular complexity index is 171. The highest BCUT2D eigenvalue weighted by Crippen LogP contribution is 2.35. The normalized spacial score (nSPS) is 11.2. The number of phosphoric ester groups is 1. The van der Waals surface area contributed by atoms with Crippen LogP contribution in [0.25, 0.3) is 0 Å². The van der Waals surface area contributed by atoms with E-state index < -0.39 is 14.6 Å². The van der Waals surface area contributed by atoms with Gasteiger partial charge in [-0.2, -0.15) is 4.89 Å². The minimum absolute atomic E-state index is 0.263. The topological polar surface area (TPSA) is 85.2 Å². The zero-order valence-electron chi connectivity index (χ0n) is 5.89. The maximum Gasteiger partial charge on any atom is 0.471 e. The Labute approximate surface area is 63.6 Å². The Morgan fingerprint density at radius 3 is 2.55 bits per heavy atom. The van der Waals surface area contributed by atoms with E-state index in [1.54, 1.807) is 0 Å². The molecule has 0 fully saturated rings. The highest BCUT2D eigenvalue weighted by Gasteiger charge is 2.13. The van der Waals surface area contributed by atoms with Crippen molar-refractivity contribution in [3.8, 4) is 0 Å². The van der Waals surface area contributed by atoms with E-state index in [0.29, 0.717) is 0 Å². The van der Waals surface area contributed by atoms with Gasteiger partial charge in [0.2, 0.25) is 6.79 Å². The third-order valence-corrected chi connectivity index (χ3v) is 0.912. The summed E-state index contributed by atoms with van der Waals surface area (Å²) in [6.07, 6.45) is 0. The van der Waals surface area contributed by atoms with Crippen LogP contribution < -0.4 is 0 Å². The Balaban J connectivity index is 3.29. The molecule has 0 spiro atoms. The molecule has 0 radical (unpaired) electrons. The molecule has 0 aromatic carbocycles. The van der Waals surface area contributed by atoms with Crippen LogP contribution in [0.2, 0.25) is 0 Å². The van der Waals surface area contributed by atoms with Gasteiger partial charge in [-0.25, -0.2) is 4.57 Å². The van der Waals surface area contributed by atoms with Crippen molar-refractivity contribution in [3.63, 3.8) is 0 Å². The van der Waals surface area contributed by atoms with Gasteiger partial charge >= 0.3 is 7.82 Å². The van der Waals surface area contributed by atoms with Crippen LogP contribution in [-0.2, 0) is 18.9 Å². The fraction of sp³-hybridized carbons (Fsp3) is 0.500. The van der Waals surface area contributed by atoms with Gasteiger partial charge in [0.15, 0.2) is 0 Å². The van der Waals surface area contributed by atoms with Crippen LogP contribution in [0.5, 0.6) is 0 Å². The van der Waals surface area contributed by atoms with Gasteiger partial charge in [0.05, 0.1) is 0 Å². The zero-order chi connectivity index (χ0) is 8.91. The smallest absolute Gasteiger partial charge is 0.341 e. The van der Waals surface area contributed by atoms with Crippen LogP contribution in [0.1, 0.15) is 6.92 Å². The first-order valence-electron chi connectivity index (χ1n) is 2.57. The number of rotatable bonds is 5. The maximum atomic E-state index is 9.99. The molecule has 2 N–H and O–H groups in total. The largest absolute Gasteiger partial charge is 0.471 e. The maximum absolute atomic E-state index is 9.99. The van der Waals surface area contributed by atoms with Gasteiger partial charge < -0.3 is 14.7 Å². The van der Waals surface area contributed by atoms with E-state index in [1.807, 2.05) is 0 Å². The SMILES string of the molecule is C=C(C)OOCOP(=O)(O)O. The molecule has 0 amide bonds. The van der Waals surface area contributed by atoms with Crippen LogP contribution >= 0.6 is 7.82 Å². The highest BCUT2D eigenvalue weighted by atomic mass is 31.2. The fourth-order valence-electron chi connectivity index (χ4n) is 0.215. The summed E-state index contributed by atoms with van der Waals surface area (Å²) in [4.78, 5) is 24.7. The number of hydrogen-bond donors (Lipinski definition) is 2. The minimum atomic E-state index is -4.46. The molecule has 0 aliphatic rings. The molecule has 0 saturated carbocycles. The molecule has 0 heterocycles. The summed E-state index contributed by atoms with van der Waals surface area (Å²) in [6.45, 7) is 4.16. The molecule has 0 aliphatic heterocycles. The van der Waals surface area contributed by atoms with Crippen molar-refractivity contribution in [2.24, 2.45) is 0 Å². The molecule has 0 aromatic heterocycles. The summed E-state index contributed by atoms with van der Waals surface area (Å²) in [6, 6.07) is 0. The molecule has 0 saturated heterocycles. The number of hydrogen-bond acceptors (Lipinski definition) is 4. The van der Waals surface area contributed by atoms with Crippen LogP contribution in [0.3, 0.4) is 0 Å². The summed E-state index contributed by atoms with van der Waals surface area (Å²) in [7, 11) is -4.46. The van der Waals surface area contributed by atoms with Crippen molar-refractivity contribution in [2.45, 2.75) is 6.92 Å². The molecular weight excluding hydrogens is 175 g/mol. The summed E-state index contributed by atoms with van der Waals surface area (Å²) in [5.41, 5.74) is 0. The standard InChI is InChI=1S/C4H9O6P/c1-4(2)10-8-3-9-11(5,6)7/h1,3H2,2H3,(H2,5,6,7). The second-order valence-corrected chi connectivity index (χ2v) is 2.88. The van der Waals surface area contributed by atoms with E-state index in [2.05, 4.69) is 20.9 Å². The quantitative estimate of drug-likeness (QED) is 0.162. The van der Waals surface area contributed by atoms with E-state index >= 15 is 0 Å². The first-order chi connectivity index (χ1) is 4.92. The third kappa shape index (κ3) is 9.61.